The van der Waals surface area contributed by atoms with Crippen molar-refractivity contribution in [3.63, 3.8) is 0 Å². The highest BCUT2D eigenvalue weighted by Gasteiger charge is 2.39. The van der Waals surface area contributed by atoms with E-state index < -0.39 is 19.9 Å². The molecule has 1 atom stereocenters. The molecule has 4 rings (SSSR count). The van der Waals surface area contributed by atoms with Gasteiger partial charge in [0.1, 0.15) is 4.90 Å². The summed E-state index contributed by atoms with van der Waals surface area (Å²) in [6, 6.07) is 6.60. The van der Waals surface area contributed by atoms with Crippen LogP contribution in [0.1, 0.15) is 44.6 Å². The summed E-state index contributed by atoms with van der Waals surface area (Å²) in [4.78, 5) is 17.3. The molecule has 170 valence electrons. The normalized spacial score (nSPS) is 24.6. The summed E-state index contributed by atoms with van der Waals surface area (Å²) in [5.41, 5.74) is 0.619. The third kappa shape index (κ3) is 4.50. The Labute approximate surface area is 184 Å². The van der Waals surface area contributed by atoms with Crippen molar-refractivity contribution in [3.8, 4) is 0 Å². The molecule has 0 aliphatic carbocycles. The van der Waals surface area contributed by atoms with Crippen LogP contribution in [0.4, 0.5) is 0 Å². The van der Waals surface area contributed by atoms with Crippen LogP contribution in [-0.4, -0.2) is 75.6 Å². The van der Waals surface area contributed by atoms with Crippen molar-refractivity contribution in [2.24, 2.45) is 10.3 Å². The number of hydrogen-bond donors (Lipinski definition) is 0. The largest absolute Gasteiger partial charge is 0.355 e. The molecule has 0 saturated carbocycles. The zero-order chi connectivity index (χ0) is 22.2. The van der Waals surface area contributed by atoms with Crippen LogP contribution in [0.25, 0.3) is 0 Å². The molecular formula is C21H29N3O5S2. The van der Waals surface area contributed by atoms with Crippen LogP contribution in [0, 0.1) is 5.92 Å². The zero-order valence-corrected chi connectivity index (χ0v) is 19.4. The highest BCUT2D eigenvalue weighted by molar-refractivity contribution is 7.91. The van der Waals surface area contributed by atoms with Crippen LogP contribution in [-0.2, 0) is 24.7 Å². The number of carbonyl (C=O) groups excluding carboxylic acids is 1. The van der Waals surface area contributed by atoms with Crippen molar-refractivity contribution in [2.75, 3.05) is 31.1 Å². The molecule has 31 heavy (non-hydrogen) atoms. The van der Waals surface area contributed by atoms with Gasteiger partial charge in [0.2, 0.25) is 5.91 Å². The fourth-order valence-corrected chi connectivity index (χ4v) is 7.67. The summed E-state index contributed by atoms with van der Waals surface area (Å²) in [6.45, 7) is 3.74. The van der Waals surface area contributed by atoms with Crippen LogP contribution in [0.2, 0.25) is 0 Å². The van der Waals surface area contributed by atoms with Crippen molar-refractivity contribution >= 4 is 31.6 Å². The van der Waals surface area contributed by atoms with E-state index in [0.717, 1.165) is 12.8 Å². The van der Waals surface area contributed by atoms with Crippen molar-refractivity contribution in [2.45, 2.75) is 50.0 Å². The third-order valence-corrected chi connectivity index (χ3v) is 9.52. The highest BCUT2D eigenvalue weighted by atomic mass is 32.2. The SMILES string of the molecule is CCCCN(C(=O)C1CCN(C2=NS(=O)(=O)c3ccccc32)CC1)[C@@H]1CCS(=O)(=O)C1. The van der Waals surface area contributed by atoms with Crippen LogP contribution in [0.3, 0.4) is 0 Å². The van der Waals surface area contributed by atoms with Crippen molar-refractivity contribution < 1.29 is 21.6 Å². The van der Waals surface area contributed by atoms with E-state index in [0.29, 0.717) is 50.3 Å². The number of sulfone groups is 1. The summed E-state index contributed by atoms with van der Waals surface area (Å²) in [5, 5.41) is 0. The average molecular weight is 468 g/mol. The minimum Gasteiger partial charge on any atom is -0.355 e. The lowest BCUT2D eigenvalue weighted by molar-refractivity contribution is -0.138. The monoisotopic (exact) mass is 467 g/mol. The number of amidine groups is 1. The minimum atomic E-state index is -3.67. The number of hydrogen-bond acceptors (Lipinski definition) is 6. The Balaban J connectivity index is 1.45. The van der Waals surface area contributed by atoms with Gasteiger partial charge in [0.15, 0.2) is 15.7 Å². The van der Waals surface area contributed by atoms with E-state index in [-0.39, 0.29) is 34.3 Å². The first-order valence-corrected chi connectivity index (χ1v) is 14.2. The standard InChI is InChI=1S/C21H29N3O5S2/c1-2-3-11-24(17-10-14-30(26,27)15-17)21(25)16-8-12-23(13-9-16)20-18-6-4-5-7-19(18)31(28,29)22-20/h4-7,16-17H,2-3,8-15H2,1H3/t17-/m1/s1. The van der Waals surface area contributed by atoms with Gasteiger partial charge >= 0.3 is 0 Å². The summed E-state index contributed by atoms with van der Waals surface area (Å²) < 4.78 is 52.6. The summed E-state index contributed by atoms with van der Waals surface area (Å²) in [7, 11) is -6.73. The van der Waals surface area contributed by atoms with Crippen molar-refractivity contribution in [1.29, 1.82) is 0 Å². The lowest BCUT2D eigenvalue weighted by atomic mass is 9.93. The summed E-state index contributed by atoms with van der Waals surface area (Å²) in [6.07, 6.45) is 3.51. The van der Waals surface area contributed by atoms with Crippen molar-refractivity contribution in [1.82, 2.24) is 9.80 Å². The van der Waals surface area contributed by atoms with E-state index in [2.05, 4.69) is 11.3 Å². The molecule has 0 spiro atoms. The molecule has 2 saturated heterocycles. The lowest BCUT2D eigenvalue weighted by Gasteiger charge is -2.37. The van der Waals surface area contributed by atoms with E-state index >= 15 is 0 Å². The number of amides is 1. The summed E-state index contributed by atoms with van der Waals surface area (Å²) in [5.74, 6) is 0.542. The van der Waals surface area contributed by atoms with E-state index in [1.165, 1.54) is 0 Å². The van der Waals surface area contributed by atoms with E-state index in [4.69, 9.17) is 0 Å². The van der Waals surface area contributed by atoms with E-state index in [1.54, 1.807) is 29.2 Å². The van der Waals surface area contributed by atoms with Crippen molar-refractivity contribution in [3.05, 3.63) is 29.8 Å². The first kappa shape index (κ1) is 22.3. The second-order valence-corrected chi connectivity index (χ2v) is 12.4. The molecular weight excluding hydrogens is 438 g/mol. The second kappa shape index (κ2) is 8.54. The molecule has 0 unspecified atom stereocenters. The van der Waals surface area contributed by atoms with Gasteiger partial charge in [-0.1, -0.05) is 25.5 Å². The Morgan fingerprint density at radius 1 is 1.13 bits per heavy atom. The molecule has 1 amide bonds. The third-order valence-electron chi connectivity index (χ3n) is 6.44. The fourth-order valence-electron chi connectivity index (χ4n) is 4.71. The van der Waals surface area contributed by atoms with Crippen LogP contribution < -0.4 is 0 Å². The summed E-state index contributed by atoms with van der Waals surface area (Å²) >= 11 is 0. The maximum atomic E-state index is 13.3. The Kier molecular flexibility index (Phi) is 6.13. The number of likely N-dealkylation sites (tertiary alicyclic amines) is 1. The fraction of sp³-hybridized carbons (Fsp3) is 0.619. The molecule has 1 aromatic carbocycles. The minimum absolute atomic E-state index is 0.0385. The first-order valence-electron chi connectivity index (χ1n) is 10.9. The number of benzene rings is 1. The second-order valence-electron chi connectivity index (χ2n) is 8.59. The maximum Gasteiger partial charge on any atom is 0.285 e. The smallest absolute Gasteiger partial charge is 0.285 e. The lowest BCUT2D eigenvalue weighted by Crippen LogP contribution is -2.48. The molecule has 3 aliphatic heterocycles. The highest BCUT2D eigenvalue weighted by Crippen LogP contribution is 2.31. The molecule has 3 heterocycles. The number of rotatable bonds is 5. The Hall–Kier alpha value is -1.94. The molecule has 10 heteroatoms. The van der Waals surface area contributed by atoms with E-state index in [1.807, 2.05) is 4.90 Å². The van der Waals surface area contributed by atoms with Gasteiger partial charge in [-0.15, -0.1) is 4.40 Å². The number of piperidine rings is 1. The van der Waals surface area contributed by atoms with Gasteiger partial charge in [0, 0.05) is 37.2 Å². The van der Waals surface area contributed by atoms with Gasteiger partial charge in [-0.25, -0.2) is 8.42 Å². The molecule has 2 fully saturated rings. The predicted molar refractivity (Wildman–Crippen MR) is 118 cm³/mol. The molecule has 0 radical (unpaired) electrons. The number of sulfonamides is 1. The number of fused-ring (bicyclic) bond motifs is 1. The average Bonchev–Trinajstić information content (AvgIpc) is 3.24. The topological polar surface area (TPSA) is 104 Å². The van der Waals surface area contributed by atoms with Gasteiger partial charge in [0.05, 0.1) is 11.5 Å². The Bertz CT molecular complexity index is 1090. The first-order chi connectivity index (χ1) is 14.7. The van der Waals surface area contributed by atoms with Crippen LogP contribution in [0.15, 0.2) is 33.6 Å². The molecule has 8 nitrogen and oxygen atoms in total. The van der Waals surface area contributed by atoms with Crippen LogP contribution in [0.5, 0.6) is 0 Å². The zero-order valence-electron chi connectivity index (χ0n) is 17.7. The molecule has 0 bridgehead atoms. The Morgan fingerprint density at radius 2 is 1.84 bits per heavy atom. The molecule has 0 N–H and O–H groups in total. The van der Waals surface area contributed by atoms with Gasteiger partial charge in [-0.05, 0) is 37.8 Å². The van der Waals surface area contributed by atoms with Gasteiger partial charge in [-0.3, -0.25) is 4.79 Å². The molecule has 3 aliphatic rings. The van der Waals surface area contributed by atoms with Gasteiger partial charge in [0.25, 0.3) is 10.0 Å². The number of unbranched alkanes of at least 4 members (excludes halogenated alkanes) is 1. The van der Waals surface area contributed by atoms with Crippen LogP contribution >= 0.6 is 0 Å². The number of carbonyl (C=O) groups is 1. The Morgan fingerprint density at radius 3 is 2.48 bits per heavy atom. The van der Waals surface area contributed by atoms with Gasteiger partial charge in [-0.2, -0.15) is 8.42 Å². The molecule has 0 aromatic heterocycles. The number of nitrogens with zero attached hydrogens (tertiary/aromatic N) is 3. The quantitative estimate of drug-likeness (QED) is 0.652. The molecule has 1 aromatic rings. The maximum absolute atomic E-state index is 13.3. The predicted octanol–water partition coefficient (Wildman–Crippen LogP) is 1.66. The van der Waals surface area contributed by atoms with Gasteiger partial charge < -0.3 is 9.80 Å². The van der Waals surface area contributed by atoms with E-state index in [9.17, 15) is 21.6 Å².